The van der Waals surface area contributed by atoms with Crippen molar-refractivity contribution in [1.29, 1.82) is 0 Å². The van der Waals surface area contributed by atoms with E-state index in [2.05, 4.69) is 28.1 Å². The molecule has 1 heterocycles. The molecule has 1 atom stereocenters. The molecule has 3 nitrogen and oxygen atoms in total. The van der Waals surface area contributed by atoms with Gasteiger partial charge in [-0.3, -0.25) is 0 Å². The zero-order valence-corrected chi connectivity index (χ0v) is 11.6. The fourth-order valence-corrected chi connectivity index (χ4v) is 2.83. The molecular formula is C13H18BrNO2. The van der Waals surface area contributed by atoms with Crippen molar-refractivity contribution < 1.29 is 9.47 Å². The summed E-state index contributed by atoms with van der Waals surface area (Å²) in [5.41, 5.74) is 7.34. The molecule has 0 spiro atoms. The number of halogens is 1. The van der Waals surface area contributed by atoms with Gasteiger partial charge >= 0.3 is 0 Å². The SMILES string of the molecule is COc1ccc(CC2(N)CCCOC2)cc1Br. The largest absolute Gasteiger partial charge is 0.496 e. The molecule has 1 fully saturated rings. The first kappa shape index (κ1) is 12.9. The van der Waals surface area contributed by atoms with Crippen molar-refractivity contribution in [3.63, 3.8) is 0 Å². The van der Waals surface area contributed by atoms with Crippen LogP contribution in [0.15, 0.2) is 22.7 Å². The number of rotatable bonds is 3. The van der Waals surface area contributed by atoms with E-state index in [1.165, 1.54) is 5.56 Å². The number of hydrogen-bond donors (Lipinski definition) is 1. The van der Waals surface area contributed by atoms with Gasteiger partial charge in [-0.2, -0.15) is 0 Å². The Morgan fingerprint density at radius 3 is 2.94 bits per heavy atom. The second-order valence-corrected chi connectivity index (χ2v) is 5.52. The van der Waals surface area contributed by atoms with Crippen LogP contribution in [-0.4, -0.2) is 25.9 Å². The smallest absolute Gasteiger partial charge is 0.133 e. The minimum Gasteiger partial charge on any atom is -0.496 e. The van der Waals surface area contributed by atoms with Crippen molar-refractivity contribution in [1.82, 2.24) is 0 Å². The molecule has 1 saturated heterocycles. The monoisotopic (exact) mass is 299 g/mol. The Morgan fingerprint density at radius 1 is 1.53 bits per heavy atom. The van der Waals surface area contributed by atoms with Crippen LogP contribution in [-0.2, 0) is 11.2 Å². The molecule has 2 N–H and O–H groups in total. The van der Waals surface area contributed by atoms with Gasteiger partial charge in [0.2, 0.25) is 0 Å². The van der Waals surface area contributed by atoms with Crippen LogP contribution in [0, 0.1) is 0 Å². The fraction of sp³-hybridized carbons (Fsp3) is 0.538. The lowest BCUT2D eigenvalue weighted by molar-refractivity contribution is 0.0382. The van der Waals surface area contributed by atoms with Gasteiger partial charge in [-0.25, -0.2) is 0 Å². The molecule has 2 rings (SSSR count). The molecule has 1 aromatic carbocycles. The molecule has 0 radical (unpaired) electrons. The van der Waals surface area contributed by atoms with E-state index in [9.17, 15) is 0 Å². The number of benzene rings is 1. The Balaban J connectivity index is 2.10. The summed E-state index contributed by atoms with van der Waals surface area (Å²) in [6.45, 7) is 1.49. The molecule has 1 aromatic rings. The Labute approximate surface area is 110 Å². The first-order chi connectivity index (χ1) is 8.13. The van der Waals surface area contributed by atoms with Crippen LogP contribution >= 0.6 is 15.9 Å². The maximum absolute atomic E-state index is 6.34. The van der Waals surface area contributed by atoms with Crippen molar-refractivity contribution in [3.8, 4) is 5.75 Å². The standard InChI is InChI=1S/C13H18BrNO2/c1-16-12-4-3-10(7-11(12)14)8-13(15)5-2-6-17-9-13/h3-4,7H,2,5-6,8-9,15H2,1H3. The van der Waals surface area contributed by atoms with E-state index in [1.807, 2.05) is 6.07 Å². The third-order valence-electron chi connectivity index (χ3n) is 3.13. The van der Waals surface area contributed by atoms with Crippen LogP contribution in [0.2, 0.25) is 0 Å². The maximum Gasteiger partial charge on any atom is 0.133 e. The molecule has 94 valence electrons. The summed E-state index contributed by atoms with van der Waals surface area (Å²) in [5.74, 6) is 0.847. The van der Waals surface area contributed by atoms with Gasteiger partial charge in [-0.1, -0.05) is 6.07 Å². The molecule has 0 aliphatic carbocycles. The Kier molecular flexibility index (Phi) is 4.07. The van der Waals surface area contributed by atoms with E-state index in [-0.39, 0.29) is 5.54 Å². The second kappa shape index (κ2) is 5.38. The molecule has 4 heteroatoms. The third-order valence-corrected chi connectivity index (χ3v) is 3.74. The highest BCUT2D eigenvalue weighted by Gasteiger charge is 2.28. The molecule has 0 aromatic heterocycles. The molecular weight excluding hydrogens is 282 g/mol. The summed E-state index contributed by atoms with van der Waals surface area (Å²) in [7, 11) is 1.67. The van der Waals surface area contributed by atoms with Crippen LogP contribution in [0.3, 0.4) is 0 Å². The topological polar surface area (TPSA) is 44.5 Å². The normalized spacial score (nSPS) is 24.6. The maximum atomic E-state index is 6.34. The Morgan fingerprint density at radius 2 is 2.35 bits per heavy atom. The first-order valence-electron chi connectivity index (χ1n) is 5.82. The number of ether oxygens (including phenoxy) is 2. The van der Waals surface area contributed by atoms with Crippen LogP contribution < -0.4 is 10.5 Å². The van der Waals surface area contributed by atoms with Crippen molar-refractivity contribution >= 4 is 15.9 Å². The average molecular weight is 300 g/mol. The first-order valence-corrected chi connectivity index (χ1v) is 6.61. The lowest BCUT2D eigenvalue weighted by atomic mass is 9.87. The highest BCUT2D eigenvalue weighted by molar-refractivity contribution is 9.10. The van der Waals surface area contributed by atoms with E-state index in [0.717, 1.165) is 36.1 Å². The molecule has 1 aliphatic heterocycles. The number of nitrogens with two attached hydrogens (primary N) is 1. The quantitative estimate of drug-likeness (QED) is 0.933. The van der Waals surface area contributed by atoms with Gasteiger partial charge in [0, 0.05) is 12.1 Å². The van der Waals surface area contributed by atoms with Crippen LogP contribution in [0.25, 0.3) is 0 Å². The molecule has 17 heavy (non-hydrogen) atoms. The molecule has 0 bridgehead atoms. The summed E-state index contributed by atoms with van der Waals surface area (Å²) >= 11 is 3.49. The second-order valence-electron chi connectivity index (χ2n) is 4.66. The average Bonchev–Trinajstić information content (AvgIpc) is 2.29. The highest BCUT2D eigenvalue weighted by Crippen LogP contribution is 2.28. The van der Waals surface area contributed by atoms with E-state index in [4.69, 9.17) is 15.2 Å². The van der Waals surface area contributed by atoms with Gasteiger partial charge in [0.25, 0.3) is 0 Å². The third kappa shape index (κ3) is 3.21. The van der Waals surface area contributed by atoms with Crippen molar-refractivity contribution in [2.24, 2.45) is 5.73 Å². The van der Waals surface area contributed by atoms with Crippen molar-refractivity contribution in [3.05, 3.63) is 28.2 Å². The Hall–Kier alpha value is -0.580. The van der Waals surface area contributed by atoms with Gasteiger partial charge in [-0.05, 0) is 52.9 Å². The van der Waals surface area contributed by atoms with Gasteiger partial charge in [0.1, 0.15) is 5.75 Å². The lowest BCUT2D eigenvalue weighted by Gasteiger charge is -2.33. The van der Waals surface area contributed by atoms with Crippen LogP contribution in [0.4, 0.5) is 0 Å². The zero-order chi connectivity index (χ0) is 12.3. The molecule has 0 saturated carbocycles. The summed E-state index contributed by atoms with van der Waals surface area (Å²) < 4.78 is 11.7. The summed E-state index contributed by atoms with van der Waals surface area (Å²) in [4.78, 5) is 0. The minimum absolute atomic E-state index is 0.216. The van der Waals surface area contributed by atoms with E-state index < -0.39 is 0 Å². The van der Waals surface area contributed by atoms with Gasteiger partial charge in [0.05, 0.1) is 18.2 Å². The highest BCUT2D eigenvalue weighted by atomic mass is 79.9. The number of methoxy groups -OCH3 is 1. The fourth-order valence-electron chi connectivity index (χ4n) is 2.24. The summed E-state index contributed by atoms with van der Waals surface area (Å²) in [5, 5.41) is 0. The summed E-state index contributed by atoms with van der Waals surface area (Å²) in [6.07, 6.45) is 2.92. The van der Waals surface area contributed by atoms with Gasteiger partial charge < -0.3 is 15.2 Å². The lowest BCUT2D eigenvalue weighted by Crippen LogP contribution is -2.49. The van der Waals surface area contributed by atoms with E-state index in [0.29, 0.717) is 6.61 Å². The summed E-state index contributed by atoms with van der Waals surface area (Å²) in [6, 6.07) is 6.10. The van der Waals surface area contributed by atoms with Crippen molar-refractivity contribution in [2.45, 2.75) is 24.8 Å². The van der Waals surface area contributed by atoms with Crippen LogP contribution in [0.1, 0.15) is 18.4 Å². The zero-order valence-electron chi connectivity index (χ0n) is 10.0. The van der Waals surface area contributed by atoms with Gasteiger partial charge in [-0.15, -0.1) is 0 Å². The Bertz CT molecular complexity index is 389. The predicted molar refractivity (Wildman–Crippen MR) is 71.4 cm³/mol. The minimum atomic E-state index is -0.216. The van der Waals surface area contributed by atoms with Crippen molar-refractivity contribution in [2.75, 3.05) is 20.3 Å². The van der Waals surface area contributed by atoms with Crippen LogP contribution in [0.5, 0.6) is 5.75 Å². The van der Waals surface area contributed by atoms with E-state index >= 15 is 0 Å². The molecule has 0 amide bonds. The number of hydrogen-bond acceptors (Lipinski definition) is 3. The molecule has 1 unspecified atom stereocenters. The van der Waals surface area contributed by atoms with E-state index in [1.54, 1.807) is 7.11 Å². The van der Waals surface area contributed by atoms with Gasteiger partial charge in [0.15, 0.2) is 0 Å². The molecule has 1 aliphatic rings. The predicted octanol–water partition coefficient (Wildman–Crippen LogP) is 2.51.